The first-order chi connectivity index (χ1) is 9.41. The van der Waals surface area contributed by atoms with Crippen LogP contribution in [0, 0.1) is 5.82 Å². The van der Waals surface area contributed by atoms with Crippen LogP contribution in [0.5, 0.6) is 11.6 Å². The predicted molar refractivity (Wildman–Crippen MR) is 71.7 cm³/mol. The highest BCUT2D eigenvalue weighted by molar-refractivity contribution is 7.90. The summed E-state index contributed by atoms with van der Waals surface area (Å²) < 4.78 is 42.1. The molecule has 1 aromatic carbocycles. The molecule has 0 atom stereocenters. The van der Waals surface area contributed by atoms with Crippen molar-refractivity contribution < 1.29 is 17.5 Å². The van der Waals surface area contributed by atoms with Gasteiger partial charge in [0.05, 0.1) is 4.90 Å². The van der Waals surface area contributed by atoms with Gasteiger partial charge in [-0.05, 0) is 24.3 Å². The molecule has 1 aromatic heterocycles. The summed E-state index contributed by atoms with van der Waals surface area (Å²) in [5.74, 6) is -0.702. The molecule has 7 heteroatoms. The van der Waals surface area contributed by atoms with Crippen molar-refractivity contribution in [1.82, 2.24) is 4.98 Å². The lowest BCUT2D eigenvalue weighted by Gasteiger charge is -2.08. The SMILES string of the molecule is CS(=O)(=O)c1cccc(Oc2nccc(CN)c2F)c1. The molecule has 0 unspecified atom stereocenters. The van der Waals surface area contributed by atoms with Crippen LogP contribution < -0.4 is 10.5 Å². The molecule has 1 heterocycles. The zero-order valence-electron chi connectivity index (χ0n) is 10.7. The van der Waals surface area contributed by atoms with Crippen LogP contribution >= 0.6 is 0 Å². The minimum Gasteiger partial charge on any atom is -0.436 e. The van der Waals surface area contributed by atoms with E-state index in [4.69, 9.17) is 10.5 Å². The molecule has 0 amide bonds. The number of hydrogen-bond acceptors (Lipinski definition) is 5. The van der Waals surface area contributed by atoms with E-state index in [-0.39, 0.29) is 28.6 Å². The third kappa shape index (κ3) is 3.12. The number of aromatic nitrogens is 1. The molecule has 20 heavy (non-hydrogen) atoms. The van der Waals surface area contributed by atoms with E-state index in [1.807, 2.05) is 0 Å². The highest BCUT2D eigenvalue weighted by atomic mass is 32.2. The van der Waals surface area contributed by atoms with E-state index >= 15 is 0 Å². The van der Waals surface area contributed by atoms with Crippen LogP contribution in [0.1, 0.15) is 5.56 Å². The Balaban J connectivity index is 2.36. The van der Waals surface area contributed by atoms with E-state index in [1.165, 1.54) is 36.5 Å². The van der Waals surface area contributed by atoms with Gasteiger partial charge in [-0.1, -0.05) is 6.07 Å². The first kappa shape index (κ1) is 14.4. The minimum absolute atomic E-state index is 0.0219. The van der Waals surface area contributed by atoms with Crippen LogP contribution in [-0.4, -0.2) is 19.7 Å². The molecule has 2 aromatic rings. The molecule has 0 saturated carbocycles. The first-order valence-electron chi connectivity index (χ1n) is 5.73. The fraction of sp³-hybridized carbons (Fsp3) is 0.154. The fourth-order valence-electron chi connectivity index (χ4n) is 1.57. The van der Waals surface area contributed by atoms with Crippen LogP contribution in [0.4, 0.5) is 4.39 Å². The van der Waals surface area contributed by atoms with Gasteiger partial charge in [0.25, 0.3) is 5.88 Å². The fourth-order valence-corrected chi connectivity index (χ4v) is 2.23. The highest BCUT2D eigenvalue weighted by Gasteiger charge is 2.12. The number of halogens is 1. The Bertz CT molecular complexity index is 732. The second-order valence-corrected chi connectivity index (χ2v) is 6.16. The normalized spacial score (nSPS) is 11.3. The maximum absolute atomic E-state index is 13.9. The van der Waals surface area contributed by atoms with Crippen molar-refractivity contribution in [3.63, 3.8) is 0 Å². The number of benzene rings is 1. The van der Waals surface area contributed by atoms with Crippen LogP contribution in [0.15, 0.2) is 41.4 Å². The number of nitrogens with two attached hydrogens (primary N) is 1. The van der Waals surface area contributed by atoms with Gasteiger partial charge in [-0.3, -0.25) is 0 Å². The van der Waals surface area contributed by atoms with Crippen LogP contribution in [0.3, 0.4) is 0 Å². The Morgan fingerprint density at radius 2 is 2.10 bits per heavy atom. The predicted octanol–water partition coefficient (Wildman–Crippen LogP) is 1.88. The average Bonchev–Trinajstić information content (AvgIpc) is 2.40. The molecule has 2 N–H and O–H groups in total. The van der Waals surface area contributed by atoms with E-state index < -0.39 is 15.7 Å². The molecule has 0 radical (unpaired) electrons. The lowest BCUT2D eigenvalue weighted by atomic mass is 10.2. The molecule has 0 aliphatic carbocycles. The van der Waals surface area contributed by atoms with Crippen molar-refractivity contribution in [2.75, 3.05) is 6.26 Å². The topological polar surface area (TPSA) is 82.3 Å². The van der Waals surface area contributed by atoms with Crippen molar-refractivity contribution in [3.8, 4) is 11.6 Å². The van der Waals surface area contributed by atoms with Crippen molar-refractivity contribution in [2.45, 2.75) is 11.4 Å². The van der Waals surface area contributed by atoms with E-state index in [0.29, 0.717) is 0 Å². The van der Waals surface area contributed by atoms with Gasteiger partial charge >= 0.3 is 0 Å². The quantitative estimate of drug-likeness (QED) is 0.931. The summed E-state index contributed by atoms with van der Waals surface area (Å²) in [4.78, 5) is 3.86. The Morgan fingerprint density at radius 3 is 2.75 bits per heavy atom. The lowest BCUT2D eigenvalue weighted by Crippen LogP contribution is -2.03. The van der Waals surface area contributed by atoms with Gasteiger partial charge in [0.15, 0.2) is 15.7 Å². The smallest absolute Gasteiger partial charge is 0.256 e. The van der Waals surface area contributed by atoms with Crippen LogP contribution in [0.25, 0.3) is 0 Å². The van der Waals surface area contributed by atoms with Gasteiger partial charge in [-0.25, -0.2) is 17.8 Å². The number of sulfone groups is 1. The van der Waals surface area contributed by atoms with E-state index in [1.54, 1.807) is 0 Å². The summed E-state index contributed by atoms with van der Waals surface area (Å²) in [5, 5.41) is 0. The number of nitrogens with zero attached hydrogens (tertiary/aromatic N) is 1. The summed E-state index contributed by atoms with van der Waals surface area (Å²) in [6.45, 7) is 0.0219. The van der Waals surface area contributed by atoms with Gasteiger partial charge in [0, 0.05) is 24.6 Å². The lowest BCUT2D eigenvalue weighted by molar-refractivity contribution is 0.418. The van der Waals surface area contributed by atoms with E-state index in [2.05, 4.69) is 4.98 Å². The van der Waals surface area contributed by atoms with E-state index in [0.717, 1.165) is 6.26 Å². The molecule has 106 valence electrons. The molecular weight excluding hydrogens is 283 g/mol. The van der Waals surface area contributed by atoms with Gasteiger partial charge in [0.1, 0.15) is 5.75 Å². The maximum atomic E-state index is 13.9. The van der Waals surface area contributed by atoms with Crippen LogP contribution in [0.2, 0.25) is 0 Å². The van der Waals surface area contributed by atoms with Gasteiger partial charge < -0.3 is 10.5 Å². The van der Waals surface area contributed by atoms with Crippen molar-refractivity contribution in [3.05, 3.63) is 47.9 Å². The zero-order chi connectivity index (χ0) is 14.8. The zero-order valence-corrected chi connectivity index (χ0v) is 11.5. The Morgan fingerprint density at radius 1 is 1.35 bits per heavy atom. The molecule has 0 spiro atoms. The number of hydrogen-bond donors (Lipinski definition) is 1. The maximum Gasteiger partial charge on any atom is 0.256 e. The molecular formula is C13H13FN2O3S. The standard InChI is InChI=1S/C13H13FN2O3S/c1-20(17,18)11-4-2-3-10(7-11)19-13-12(14)9(8-15)5-6-16-13/h2-7H,8,15H2,1H3. The Kier molecular flexibility index (Phi) is 4.01. The summed E-state index contributed by atoms with van der Waals surface area (Å²) >= 11 is 0. The first-order valence-corrected chi connectivity index (χ1v) is 7.62. The molecule has 0 saturated heterocycles. The van der Waals surface area contributed by atoms with Crippen molar-refractivity contribution in [1.29, 1.82) is 0 Å². The van der Waals surface area contributed by atoms with Crippen molar-refractivity contribution in [2.24, 2.45) is 5.73 Å². The second kappa shape index (κ2) is 5.56. The minimum atomic E-state index is -3.35. The van der Waals surface area contributed by atoms with Gasteiger partial charge in [-0.2, -0.15) is 0 Å². The van der Waals surface area contributed by atoms with E-state index in [9.17, 15) is 12.8 Å². The van der Waals surface area contributed by atoms with Crippen LogP contribution in [-0.2, 0) is 16.4 Å². The van der Waals surface area contributed by atoms with Gasteiger partial charge in [-0.15, -0.1) is 0 Å². The third-order valence-corrected chi connectivity index (χ3v) is 3.72. The summed E-state index contributed by atoms with van der Waals surface area (Å²) in [7, 11) is -3.35. The largest absolute Gasteiger partial charge is 0.436 e. The van der Waals surface area contributed by atoms with Gasteiger partial charge in [0.2, 0.25) is 0 Å². The molecule has 0 aliphatic rings. The average molecular weight is 296 g/mol. The summed E-state index contributed by atoms with van der Waals surface area (Å²) in [6.07, 6.45) is 2.46. The summed E-state index contributed by atoms with van der Waals surface area (Å²) in [5.41, 5.74) is 5.66. The highest BCUT2D eigenvalue weighted by Crippen LogP contribution is 2.25. The second-order valence-electron chi connectivity index (χ2n) is 4.14. The molecule has 2 rings (SSSR count). The molecule has 0 bridgehead atoms. The number of rotatable bonds is 4. The third-order valence-electron chi connectivity index (χ3n) is 2.61. The Hall–Kier alpha value is -1.99. The number of pyridine rings is 1. The molecule has 5 nitrogen and oxygen atoms in total. The molecule has 0 aliphatic heterocycles. The summed E-state index contributed by atoms with van der Waals surface area (Å²) in [6, 6.07) is 7.23. The monoisotopic (exact) mass is 296 g/mol. The number of ether oxygens (including phenoxy) is 1. The van der Waals surface area contributed by atoms with Crippen molar-refractivity contribution >= 4 is 9.84 Å². The molecule has 0 fully saturated rings. The Labute approximate surface area is 116 Å².